The van der Waals surface area contributed by atoms with Crippen LogP contribution in [-0.2, 0) is 15.1 Å². The number of carbonyl (C=O) groups excluding carboxylic acids is 2. The van der Waals surface area contributed by atoms with Gasteiger partial charge in [-0.25, -0.2) is 4.79 Å². The Hall–Kier alpha value is -2.44. The second kappa shape index (κ2) is 5.51. The molecule has 0 bridgehead atoms. The maximum absolute atomic E-state index is 11.8. The van der Waals surface area contributed by atoms with Gasteiger partial charge in [-0.1, -0.05) is 0 Å². The molecule has 7 nitrogen and oxygen atoms in total. The number of alkyl carbamates (subject to hydrolysis) is 1. The largest absolute Gasteiger partial charge is 0.504 e. The Kier molecular flexibility index (Phi) is 4.36. The summed E-state index contributed by atoms with van der Waals surface area (Å²) in [5.74, 6) is -2.01. The van der Waals surface area contributed by atoms with E-state index in [2.05, 4.69) is 5.32 Å². The standard InChI is InChI=1S/C14H19NO6/c1-13(2,3)21-12(20)15-14(4,7-16)8-5-6-9(17)11(19)10(8)18/h5-7,17-19H,1-4H3,(H,15,20). The Morgan fingerprint density at radius 3 is 2.19 bits per heavy atom. The third kappa shape index (κ3) is 3.77. The molecule has 0 aromatic heterocycles. The molecule has 1 atom stereocenters. The first-order valence-electron chi connectivity index (χ1n) is 6.22. The van der Waals surface area contributed by atoms with Gasteiger partial charge in [0.15, 0.2) is 11.5 Å². The number of amides is 1. The Bertz CT molecular complexity index is 563. The number of rotatable bonds is 3. The SMILES string of the molecule is CC(C)(C)OC(=O)NC(C)(C=O)c1ccc(O)c(O)c1O. The fraction of sp³-hybridized carbons (Fsp3) is 0.429. The smallest absolute Gasteiger partial charge is 0.408 e. The summed E-state index contributed by atoms with van der Waals surface area (Å²) in [5, 5.41) is 30.9. The summed E-state index contributed by atoms with van der Waals surface area (Å²) >= 11 is 0. The second-order valence-electron chi connectivity index (χ2n) is 5.78. The van der Waals surface area contributed by atoms with Crippen LogP contribution in [0, 0.1) is 0 Å². The predicted molar refractivity (Wildman–Crippen MR) is 74.2 cm³/mol. The number of phenolic OH excluding ortho intramolecular Hbond substituents is 3. The molecule has 1 rings (SSSR count). The summed E-state index contributed by atoms with van der Waals surface area (Å²) in [6.45, 7) is 6.31. The highest BCUT2D eigenvalue weighted by molar-refractivity contribution is 5.79. The minimum absolute atomic E-state index is 0.0707. The van der Waals surface area contributed by atoms with Gasteiger partial charge < -0.3 is 30.2 Å². The van der Waals surface area contributed by atoms with Crippen molar-refractivity contribution in [1.29, 1.82) is 0 Å². The Morgan fingerprint density at radius 1 is 1.14 bits per heavy atom. The van der Waals surface area contributed by atoms with Gasteiger partial charge in [0.2, 0.25) is 5.75 Å². The number of carbonyl (C=O) groups is 2. The summed E-state index contributed by atoms with van der Waals surface area (Å²) < 4.78 is 5.05. The lowest BCUT2D eigenvalue weighted by Crippen LogP contribution is -2.47. The van der Waals surface area contributed by atoms with Gasteiger partial charge in [0, 0.05) is 5.56 Å². The van der Waals surface area contributed by atoms with Crippen molar-refractivity contribution in [2.45, 2.75) is 38.8 Å². The van der Waals surface area contributed by atoms with Crippen LogP contribution < -0.4 is 5.32 Å². The lowest BCUT2D eigenvalue weighted by molar-refractivity contribution is -0.113. The van der Waals surface area contributed by atoms with E-state index in [-0.39, 0.29) is 5.56 Å². The Morgan fingerprint density at radius 2 is 1.71 bits per heavy atom. The van der Waals surface area contributed by atoms with Crippen molar-refractivity contribution in [2.24, 2.45) is 0 Å². The summed E-state index contributed by atoms with van der Waals surface area (Å²) in [6, 6.07) is 2.32. The number of phenols is 3. The van der Waals surface area contributed by atoms with E-state index in [9.17, 15) is 24.9 Å². The summed E-state index contributed by atoms with van der Waals surface area (Å²) in [5.41, 5.74) is -2.45. The Balaban J connectivity index is 3.14. The second-order valence-corrected chi connectivity index (χ2v) is 5.78. The highest BCUT2D eigenvalue weighted by atomic mass is 16.6. The van der Waals surface area contributed by atoms with Crippen molar-refractivity contribution >= 4 is 12.4 Å². The van der Waals surface area contributed by atoms with Crippen LogP contribution in [0.5, 0.6) is 17.2 Å². The third-order valence-electron chi connectivity index (χ3n) is 2.69. The molecular formula is C14H19NO6. The van der Waals surface area contributed by atoms with Crippen LogP contribution in [-0.4, -0.2) is 33.3 Å². The summed E-state index contributed by atoms with van der Waals surface area (Å²) in [7, 11) is 0. The van der Waals surface area contributed by atoms with Gasteiger partial charge in [-0.05, 0) is 39.8 Å². The Labute approximate surface area is 122 Å². The molecule has 4 N–H and O–H groups in total. The highest BCUT2D eigenvalue weighted by Crippen LogP contribution is 2.41. The molecule has 0 fully saturated rings. The van der Waals surface area contributed by atoms with E-state index in [1.165, 1.54) is 13.0 Å². The van der Waals surface area contributed by atoms with E-state index in [0.29, 0.717) is 6.29 Å². The molecule has 1 aromatic rings. The molecule has 0 radical (unpaired) electrons. The van der Waals surface area contributed by atoms with Crippen LogP contribution in [0.4, 0.5) is 4.79 Å². The van der Waals surface area contributed by atoms with Crippen molar-refractivity contribution in [3.63, 3.8) is 0 Å². The summed E-state index contributed by atoms with van der Waals surface area (Å²) in [6.07, 6.45) is -0.466. The maximum atomic E-state index is 11.8. The molecule has 0 spiro atoms. The van der Waals surface area contributed by atoms with Crippen LogP contribution in [0.15, 0.2) is 12.1 Å². The van der Waals surface area contributed by atoms with Crippen LogP contribution in [0.1, 0.15) is 33.3 Å². The molecule has 1 amide bonds. The van der Waals surface area contributed by atoms with Gasteiger partial charge in [-0.15, -0.1) is 0 Å². The topological polar surface area (TPSA) is 116 Å². The molecule has 1 aromatic carbocycles. The lowest BCUT2D eigenvalue weighted by atomic mass is 9.92. The van der Waals surface area contributed by atoms with E-state index in [4.69, 9.17) is 4.74 Å². The molecule has 7 heteroatoms. The number of nitrogens with one attached hydrogen (secondary N) is 1. The lowest BCUT2D eigenvalue weighted by Gasteiger charge is -2.28. The van der Waals surface area contributed by atoms with Gasteiger partial charge in [0.25, 0.3) is 0 Å². The van der Waals surface area contributed by atoms with E-state index in [0.717, 1.165) is 6.07 Å². The van der Waals surface area contributed by atoms with Crippen LogP contribution >= 0.6 is 0 Å². The van der Waals surface area contributed by atoms with Crippen LogP contribution in [0.3, 0.4) is 0 Å². The van der Waals surface area contributed by atoms with Gasteiger partial charge in [0.1, 0.15) is 17.4 Å². The van der Waals surface area contributed by atoms with Gasteiger partial charge in [-0.2, -0.15) is 0 Å². The average Bonchev–Trinajstić information content (AvgIpc) is 2.33. The van der Waals surface area contributed by atoms with E-state index < -0.39 is 34.5 Å². The van der Waals surface area contributed by atoms with Crippen molar-refractivity contribution in [3.8, 4) is 17.2 Å². The van der Waals surface area contributed by atoms with Crippen molar-refractivity contribution < 1.29 is 29.6 Å². The number of benzene rings is 1. The highest BCUT2D eigenvalue weighted by Gasteiger charge is 2.34. The molecule has 0 aliphatic heterocycles. The molecule has 0 saturated carbocycles. The number of hydrogen-bond donors (Lipinski definition) is 4. The first kappa shape index (κ1) is 16.6. The van der Waals surface area contributed by atoms with E-state index >= 15 is 0 Å². The fourth-order valence-electron chi connectivity index (χ4n) is 1.66. The maximum Gasteiger partial charge on any atom is 0.408 e. The molecule has 21 heavy (non-hydrogen) atoms. The first-order chi connectivity index (χ1) is 9.50. The minimum atomic E-state index is -1.63. The monoisotopic (exact) mass is 297 g/mol. The average molecular weight is 297 g/mol. The van der Waals surface area contributed by atoms with Crippen LogP contribution in [0.25, 0.3) is 0 Å². The molecule has 0 aliphatic carbocycles. The number of aromatic hydroxyl groups is 3. The first-order valence-corrected chi connectivity index (χ1v) is 6.22. The third-order valence-corrected chi connectivity index (χ3v) is 2.69. The van der Waals surface area contributed by atoms with Crippen LogP contribution in [0.2, 0.25) is 0 Å². The zero-order valence-electron chi connectivity index (χ0n) is 12.3. The zero-order chi connectivity index (χ0) is 16.4. The van der Waals surface area contributed by atoms with E-state index in [1.807, 2.05) is 0 Å². The normalized spacial score (nSPS) is 14.1. The molecule has 1 unspecified atom stereocenters. The number of ether oxygens (including phenoxy) is 1. The van der Waals surface area contributed by atoms with Gasteiger partial charge in [-0.3, -0.25) is 0 Å². The van der Waals surface area contributed by atoms with Gasteiger partial charge >= 0.3 is 6.09 Å². The van der Waals surface area contributed by atoms with Crippen molar-refractivity contribution in [2.75, 3.05) is 0 Å². The molecule has 0 saturated heterocycles. The van der Waals surface area contributed by atoms with E-state index in [1.54, 1.807) is 20.8 Å². The zero-order valence-corrected chi connectivity index (χ0v) is 12.3. The van der Waals surface area contributed by atoms with Crippen molar-refractivity contribution in [1.82, 2.24) is 5.32 Å². The molecule has 0 heterocycles. The molecule has 0 aliphatic rings. The number of aldehydes is 1. The predicted octanol–water partition coefficient (Wildman–Crippen LogP) is 1.74. The van der Waals surface area contributed by atoms with Gasteiger partial charge in [0.05, 0.1) is 0 Å². The number of hydrogen-bond acceptors (Lipinski definition) is 6. The van der Waals surface area contributed by atoms with Crippen molar-refractivity contribution in [3.05, 3.63) is 17.7 Å². The fourth-order valence-corrected chi connectivity index (χ4v) is 1.66. The summed E-state index contributed by atoms with van der Waals surface area (Å²) in [4.78, 5) is 23.1. The molecule has 116 valence electrons. The minimum Gasteiger partial charge on any atom is -0.504 e. The quantitative estimate of drug-likeness (QED) is 0.499. The molecular weight excluding hydrogens is 278 g/mol.